The van der Waals surface area contributed by atoms with E-state index in [-0.39, 0.29) is 11.8 Å². The monoisotopic (exact) mass is 276 g/mol. The van der Waals surface area contributed by atoms with Crippen LogP contribution in [0.1, 0.15) is 36.7 Å². The van der Waals surface area contributed by atoms with Gasteiger partial charge >= 0.3 is 0 Å². The molecule has 0 aliphatic heterocycles. The first kappa shape index (κ1) is 16.2. The van der Waals surface area contributed by atoms with E-state index in [4.69, 9.17) is 0 Å². The lowest BCUT2D eigenvalue weighted by Gasteiger charge is -2.23. The fourth-order valence-electron chi connectivity index (χ4n) is 2.01. The van der Waals surface area contributed by atoms with Gasteiger partial charge in [0.1, 0.15) is 0 Å². The standard InChI is InChI=1S/C16H24N2O2/c1-12(2)11-18(14(4)19)9-8-17-16(20)15-7-5-6-13(3)10-15/h5-7,10,12H,8-9,11H2,1-4H3,(H,17,20). The van der Waals surface area contributed by atoms with Crippen LogP contribution in [-0.4, -0.2) is 36.3 Å². The van der Waals surface area contributed by atoms with E-state index in [2.05, 4.69) is 19.2 Å². The van der Waals surface area contributed by atoms with Crippen LogP contribution in [0, 0.1) is 12.8 Å². The third kappa shape index (κ3) is 5.43. The normalized spacial score (nSPS) is 10.4. The van der Waals surface area contributed by atoms with Crippen LogP contribution in [0.15, 0.2) is 24.3 Å². The van der Waals surface area contributed by atoms with Gasteiger partial charge in [-0.2, -0.15) is 0 Å². The van der Waals surface area contributed by atoms with Gasteiger partial charge < -0.3 is 10.2 Å². The van der Waals surface area contributed by atoms with Crippen molar-refractivity contribution in [3.05, 3.63) is 35.4 Å². The number of rotatable bonds is 6. The maximum Gasteiger partial charge on any atom is 0.251 e. The minimum atomic E-state index is -0.0956. The average molecular weight is 276 g/mol. The highest BCUT2D eigenvalue weighted by atomic mass is 16.2. The summed E-state index contributed by atoms with van der Waals surface area (Å²) < 4.78 is 0. The molecule has 2 amide bonds. The number of hydrogen-bond acceptors (Lipinski definition) is 2. The summed E-state index contributed by atoms with van der Waals surface area (Å²) >= 11 is 0. The number of amides is 2. The second-order valence-corrected chi connectivity index (χ2v) is 5.48. The summed E-state index contributed by atoms with van der Waals surface area (Å²) in [7, 11) is 0. The number of carbonyl (C=O) groups excluding carboxylic acids is 2. The molecule has 110 valence electrons. The van der Waals surface area contributed by atoms with Crippen LogP contribution in [0.2, 0.25) is 0 Å². The smallest absolute Gasteiger partial charge is 0.251 e. The SMILES string of the molecule is CC(=O)N(CCNC(=O)c1cccc(C)c1)CC(C)C. The molecule has 0 heterocycles. The molecule has 0 saturated heterocycles. The second kappa shape index (κ2) is 7.68. The minimum Gasteiger partial charge on any atom is -0.350 e. The van der Waals surface area contributed by atoms with E-state index >= 15 is 0 Å². The van der Waals surface area contributed by atoms with Crippen LogP contribution in [0.25, 0.3) is 0 Å². The van der Waals surface area contributed by atoms with E-state index in [1.54, 1.807) is 17.9 Å². The molecule has 1 N–H and O–H groups in total. The lowest BCUT2D eigenvalue weighted by Crippen LogP contribution is -2.39. The van der Waals surface area contributed by atoms with Gasteiger partial charge in [0.15, 0.2) is 0 Å². The molecule has 0 spiro atoms. The number of carbonyl (C=O) groups is 2. The van der Waals surface area contributed by atoms with E-state index in [1.807, 2.05) is 25.1 Å². The van der Waals surface area contributed by atoms with Crippen LogP contribution in [0.4, 0.5) is 0 Å². The Bertz CT molecular complexity index is 469. The lowest BCUT2D eigenvalue weighted by molar-refractivity contribution is -0.129. The van der Waals surface area contributed by atoms with Crippen molar-refractivity contribution in [2.24, 2.45) is 5.92 Å². The van der Waals surface area contributed by atoms with Gasteiger partial charge in [-0.05, 0) is 25.0 Å². The third-order valence-electron chi connectivity index (χ3n) is 2.98. The quantitative estimate of drug-likeness (QED) is 0.866. The number of hydrogen-bond donors (Lipinski definition) is 1. The summed E-state index contributed by atoms with van der Waals surface area (Å²) in [5.74, 6) is 0.372. The molecule has 20 heavy (non-hydrogen) atoms. The van der Waals surface area contributed by atoms with Crippen molar-refractivity contribution in [3.8, 4) is 0 Å². The molecule has 0 saturated carbocycles. The first-order chi connectivity index (χ1) is 9.40. The molecule has 1 aromatic carbocycles. The van der Waals surface area contributed by atoms with Crippen molar-refractivity contribution >= 4 is 11.8 Å². The van der Waals surface area contributed by atoms with E-state index in [0.717, 1.165) is 12.1 Å². The van der Waals surface area contributed by atoms with Crippen molar-refractivity contribution < 1.29 is 9.59 Å². The van der Waals surface area contributed by atoms with Crippen LogP contribution < -0.4 is 5.32 Å². The van der Waals surface area contributed by atoms with Crippen LogP contribution in [-0.2, 0) is 4.79 Å². The molecule has 0 atom stereocenters. The summed E-state index contributed by atoms with van der Waals surface area (Å²) in [6.07, 6.45) is 0. The summed E-state index contributed by atoms with van der Waals surface area (Å²) in [5, 5.41) is 2.85. The topological polar surface area (TPSA) is 49.4 Å². The maximum absolute atomic E-state index is 12.0. The fraction of sp³-hybridized carbons (Fsp3) is 0.500. The molecule has 1 rings (SSSR count). The van der Waals surface area contributed by atoms with Crippen molar-refractivity contribution in [2.75, 3.05) is 19.6 Å². The zero-order chi connectivity index (χ0) is 15.1. The number of benzene rings is 1. The average Bonchev–Trinajstić information content (AvgIpc) is 2.36. The highest BCUT2D eigenvalue weighted by molar-refractivity contribution is 5.94. The summed E-state index contributed by atoms with van der Waals surface area (Å²) in [6, 6.07) is 7.47. The summed E-state index contributed by atoms with van der Waals surface area (Å²) in [5.41, 5.74) is 1.71. The Morgan fingerprint density at radius 2 is 2.00 bits per heavy atom. The minimum absolute atomic E-state index is 0.0449. The van der Waals surface area contributed by atoms with Gasteiger partial charge in [-0.15, -0.1) is 0 Å². The van der Waals surface area contributed by atoms with Gasteiger partial charge in [0.25, 0.3) is 5.91 Å². The molecule has 0 radical (unpaired) electrons. The first-order valence-electron chi connectivity index (χ1n) is 7.00. The van der Waals surface area contributed by atoms with Crippen LogP contribution >= 0.6 is 0 Å². The van der Waals surface area contributed by atoms with Crippen molar-refractivity contribution in [3.63, 3.8) is 0 Å². The Morgan fingerprint density at radius 1 is 1.30 bits per heavy atom. The fourth-order valence-corrected chi connectivity index (χ4v) is 2.01. The van der Waals surface area contributed by atoms with E-state index < -0.39 is 0 Å². The highest BCUT2D eigenvalue weighted by Crippen LogP contribution is 2.03. The number of nitrogens with zero attached hydrogens (tertiary/aromatic N) is 1. The maximum atomic E-state index is 12.0. The summed E-state index contributed by atoms with van der Waals surface area (Å²) in [6.45, 7) is 9.39. The van der Waals surface area contributed by atoms with E-state index in [9.17, 15) is 9.59 Å². The Hall–Kier alpha value is -1.84. The molecule has 4 nitrogen and oxygen atoms in total. The molecule has 0 fully saturated rings. The van der Waals surface area contributed by atoms with Crippen LogP contribution in [0.3, 0.4) is 0 Å². The van der Waals surface area contributed by atoms with E-state index in [0.29, 0.717) is 24.6 Å². The number of nitrogens with one attached hydrogen (secondary N) is 1. The van der Waals surface area contributed by atoms with Gasteiger partial charge in [-0.3, -0.25) is 9.59 Å². The van der Waals surface area contributed by atoms with Gasteiger partial charge in [0.05, 0.1) is 0 Å². The zero-order valence-corrected chi connectivity index (χ0v) is 12.8. The Morgan fingerprint density at radius 3 is 2.55 bits per heavy atom. The van der Waals surface area contributed by atoms with Crippen molar-refractivity contribution in [1.29, 1.82) is 0 Å². The first-order valence-corrected chi connectivity index (χ1v) is 7.00. The van der Waals surface area contributed by atoms with Gasteiger partial charge in [0.2, 0.25) is 5.91 Å². The second-order valence-electron chi connectivity index (χ2n) is 5.48. The molecule has 0 aliphatic carbocycles. The highest BCUT2D eigenvalue weighted by Gasteiger charge is 2.11. The molecule has 0 bridgehead atoms. The zero-order valence-electron chi connectivity index (χ0n) is 12.8. The molecular formula is C16H24N2O2. The molecule has 1 aromatic rings. The van der Waals surface area contributed by atoms with Crippen molar-refractivity contribution in [2.45, 2.75) is 27.7 Å². The molecule has 0 aromatic heterocycles. The molecule has 0 unspecified atom stereocenters. The predicted molar refractivity (Wildman–Crippen MR) is 80.6 cm³/mol. The number of aryl methyl sites for hydroxylation is 1. The molecular weight excluding hydrogens is 252 g/mol. The largest absolute Gasteiger partial charge is 0.350 e. The van der Waals surface area contributed by atoms with Crippen LogP contribution in [0.5, 0.6) is 0 Å². The molecule has 0 aliphatic rings. The van der Waals surface area contributed by atoms with Gasteiger partial charge in [0, 0.05) is 32.1 Å². The Labute approximate surface area is 121 Å². The Kier molecular flexibility index (Phi) is 6.22. The van der Waals surface area contributed by atoms with Crippen molar-refractivity contribution in [1.82, 2.24) is 10.2 Å². The van der Waals surface area contributed by atoms with Gasteiger partial charge in [-0.25, -0.2) is 0 Å². The molecule has 4 heteroatoms. The third-order valence-corrected chi connectivity index (χ3v) is 2.98. The lowest BCUT2D eigenvalue weighted by atomic mass is 10.1. The summed E-state index contributed by atoms with van der Waals surface area (Å²) in [4.78, 5) is 25.2. The van der Waals surface area contributed by atoms with E-state index in [1.165, 1.54) is 0 Å². The van der Waals surface area contributed by atoms with Gasteiger partial charge in [-0.1, -0.05) is 31.5 Å². The Balaban J connectivity index is 2.46. The predicted octanol–water partition coefficient (Wildman–Crippen LogP) is 2.23.